The Balaban J connectivity index is 0.921. The third kappa shape index (κ3) is 5.67. The summed E-state index contributed by atoms with van der Waals surface area (Å²) in [6.45, 7) is 5.83. The number of rotatable bonds is 8. The molecule has 0 spiro atoms. The molecule has 0 bridgehead atoms. The molecular formula is C29H34FN5O2S. The number of nitrogens with zero attached hydrogens (tertiary/aromatic N) is 5. The summed E-state index contributed by atoms with van der Waals surface area (Å²) in [6.07, 6.45) is 9.30. The summed E-state index contributed by atoms with van der Waals surface area (Å²) >= 11 is 1.64. The van der Waals surface area contributed by atoms with Crippen molar-refractivity contribution in [3.05, 3.63) is 63.6 Å². The summed E-state index contributed by atoms with van der Waals surface area (Å²) in [5, 5.41) is 0. The van der Waals surface area contributed by atoms with Crippen molar-refractivity contribution in [1.82, 2.24) is 19.9 Å². The number of aryl methyl sites for hydroxylation is 1. The molecule has 4 heterocycles. The van der Waals surface area contributed by atoms with Crippen LogP contribution < -0.4 is 9.64 Å². The molecule has 0 N–H and O–H groups in total. The van der Waals surface area contributed by atoms with Crippen LogP contribution in [-0.2, 0) is 24.2 Å². The third-order valence-corrected chi connectivity index (χ3v) is 9.26. The first-order chi connectivity index (χ1) is 18.5. The number of ether oxygens (including phenoxy) is 1. The quantitative estimate of drug-likeness (QED) is 0.412. The maximum Gasteiger partial charge on any atom is 0.227 e. The summed E-state index contributed by atoms with van der Waals surface area (Å²) in [6, 6.07) is 4.89. The summed E-state index contributed by atoms with van der Waals surface area (Å²) in [5.41, 5.74) is 4.30. The molecule has 6 rings (SSSR count). The van der Waals surface area contributed by atoms with Gasteiger partial charge in [-0.1, -0.05) is 6.07 Å². The maximum absolute atomic E-state index is 14.8. The minimum atomic E-state index is -0.379. The Bertz CT molecular complexity index is 1270. The molecule has 2 aromatic heterocycles. The van der Waals surface area contributed by atoms with E-state index in [-0.39, 0.29) is 18.1 Å². The second-order valence-electron chi connectivity index (χ2n) is 10.9. The first-order valence-corrected chi connectivity index (χ1v) is 14.6. The van der Waals surface area contributed by atoms with Gasteiger partial charge in [0.2, 0.25) is 11.9 Å². The number of hydrogen-bond acceptors (Lipinski definition) is 7. The molecule has 0 radical (unpaired) electrons. The molecular weight excluding hydrogens is 501 g/mol. The lowest BCUT2D eigenvalue weighted by molar-refractivity contribution is -0.131. The van der Waals surface area contributed by atoms with Gasteiger partial charge in [0.1, 0.15) is 11.6 Å². The van der Waals surface area contributed by atoms with Crippen LogP contribution in [0.1, 0.15) is 47.4 Å². The Hall–Kier alpha value is -3.07. The second kappa shape index (κ2) is 11.0. The van der Waals surface area contributed by atoms with E-state index >= 15 is 0 Å². The molecule has 2 fully saturated rings. The molecule has 3 aromatic rings. The number of benzene rings is 1. The standard InChI is InChI=1S/C29H34FN5O2S/c1-19-15-31-29(32-16-19)34-8-4-20(5-9-34)24-12-21(24)7-11-37-23-3-2-22(25(30)14-23)13-28(36)35-10-6-27-26(17-35)33-18-38-27/h2-3,14-16,18,20-21,24H,4-13,17H2,1H3/t21-,24-/m1/s1. The van der Waals surface area contributed by atoms with Crippen LogP contribution in [0.25, 0.3) is 0 Å². The van der Waals surface area contributed by atoms with Crippen molar-refractivity contribution >= 4 is 23.2 Å². The van der Waals surface area contributed by atoms with Gasteiger partial charge in [0, 0.05) is 49.4 Å². The van der Waals surface area contributed by atoms with Crippen LogP contribution in [0.3, 0.4) is 0 Å². The Morgan fingerprint density at radius 1 is 1.16 bits per heavy atom. The van der Waals surface area contributed by atoms with Gasteiger partial charge >= 0.3 is 0 Å². The van der Waals surface area contributed by atoms with Crippen molar-refractivity contribution in [2.24, 2.45) is 17.8 Å². The van der Waals surface area contributed by atoms with Crippen LogP contribution in [0.4, 0.5) is 10.3 Å². The van der Waals surface area contributed by atoms with E-state index in [0.29, 0.717) is 36.9 Å². The summed E-state index contributed by atoms with van der Waals surface area (Å²) in [7, 11) is 0. The van der Waals surface area contributed by atoms with Crippen LogP contribution in [0.5, 0.6) is 5.75 Å². The molecule has 3 aliphatic rings. The predicted molar refractivity (Wildman–Crippen MR) is 145 cm³/mol. The van der Waals surface area contributed by atoms with E-state index < -0.39 is 0 Å². The smallest absolute Gasteiger partial charge is 0.227 e. The zero-order valence-corrected chi connectivity index (χ0v) is 22.6. The molecule has 1 amide bonds. The van der Waals surface area contributed by atoms with E-state index in [1.165, 1.54) is 30.2 Å². The Morgan fingerprint density at radius 3 is 2.76 bits per heavy atom. The Morgan fingerprint density at radius 2 is 1.97 bits per heavy atom. The van der Waals surface area contributed by atoms with Crippen molar-refractivity contribution in [3.63, 3.8) is 0 Å². The SMILES string of the molecule is Cc1cnc(N2CCC([C@H]3C[C@H]3CCOc3ccc(CC(=O)N4CCc5scnc5C4)c(F)c3)CC2)nc1. The Kier molecular flexibility index (Phi) is 7.28. The fourth-order valence-electron chi connectivity index (χ4n) is 5.96. The van der Waals surface area contributed by atoms with Crippen molar-refractivity contribution in [2.75, 3.05) is 31.1 Å². The maximum atomic E-state index is 14.8. The average Bonchev–Trinajstić information content (AvgIpc) is 3.55. The van der Waals surface area contributed by atoms with Gasteiger partial charge in [-0.25, -0.2) is 19.3 Å². The van der Waals surface area contributed by atoms with E-state index in [4.69, 9.17) is 4.74 Å². The van der Waals surface area contributed by atoms with Gasteiger partial charge in [0.15, 0.2) is 0 Å². The van der Waals surface area contributed by atoms with E-state index in [0.717, 1.165) is 55.0 Å². The number of aromatic nitrogens is 3. The number of anilines is 1. The molecule has 38 heavy (non-hydrogen) atoms. The average molecular weight is 536 g/mol. The first kappa shape index (κ1) is 25.2. The largest absolute Gasteiger partial charge is 0.493 e. The normalized spacial score (nSPS) is 21.3. The third-order valence-electron chi connectivity index (χ3n) is 8.32. The summed E-state index contributed by atoms with van der Waals surface area (Å²) in [4.78, 5) is 31.4. The lowest BCUT2D eigenvalue weighted by Crippen LogP contribution is -2.36. The highest BCUT2D eigenvalue weighted by molar-refractivity contribution is 7.09. The number of piperidine rings is 1. The summed E-state index contributed by atoms with van der Waals surface area (Å²) in [5.74, 6) is 3.18. The molecule has 2 aliphatic heterocycles. The molecule has 9 heteroatoms. The molecule has 200 valence electrons. The second-order valence-corrected chi connectivity index (χ2v) is 11.8. The molecule has 7 nitrogen and oxygen atoms in total. The van der Waals surface area contributed by atoms with Crippen LogP contribution in [0.2, 0.25) is 0 Å². The highest BCUT2D eigenvalue weighted by Crippen LogP contribution is 2.49. The van der Waals surface area contributed by atoms with Gasteiger partial charge in [-0.15, -0.1) is 11.3 Å². The fraction of sp³-hybridized carbons (Fsp3) is 0.517. The van der Waals surface area contributed by atoms with Crippen molar-refractivity contribution in [3.8, 4) is 5.75 Å². The van der Waals surface area contributed by atoms with E-state index in [2.05, 4.69) is 19.9 Å². The first-order valence-electron chi connectivity index (χ1n) is 13.7. The number of amides is 1. The van der Waals surface area contributed by atoms with Crippen LogP contribution in [0, 0.1) is 30.5 Å². The lowest BCUT2D eigenvalue weighted by atomic mass is 9.90. The zero-order chi connectivity index (χ0) is 26.1. The van der Waals surface area contributed by atoms with Gasteiger partial charge in [0.05, 0.1) is 30.8 Å². The molecule has 0 unspecified atom stereocenters. The van der Waals surface area contributed by atoms with Crippen molar-refractivity contribution in [1.29, 1.82) is 0 Å². The van der Waals surface area contributed by atoms with Gasteiger partial charge in [-0.2, -0.15) is 0 Å². The molecule has 1 saturated heterocycles. The minimum Gasteiger partial charge on any atom is -0.493 e. The number of hydrogen-bond donors (Lipinski definition) is 0. The highest BCUT2D eigenvalue weighted by atomic mass is 32.1. The number of halogens is 1. The van der Waals surface area contributed by atoms with Crippen LogP contribution >= 0.6 is 11.3 Å². The fourth-order valence-corrected chi connectivity index (χ4v) is 6.73. The monoisotopic (exact) mass is 535 g/mol. The Labute approximate surface area is 227 Å². The molecule has 1 aromatic carbocycles. The zero-order valence-electron chi connectivity index (χ0n) is 21.8. The van der Waals surface area contributed by atoms with Crippen LogP contribution in [0.15, 0.2) is 36.1 Å². The van der Waals surface area contributed by atoms with Crippen molar-refractivity contribution < 1.29 is 13.9 Å². The van der Waals surface area contributed by atoms with Gasteiger partial charge in [0.25, 0.3) is 0 Å². The number of carbonyl (C=O) groups is 1. The number of thiazole rings is 1. The summed E-state index contributed by atoms with van der Waals surface area (Å²) < 4.78 is 20.7. The van der Waals surface area contributed by atoms with Crippen LogP contribution in [-0.4, -0.2) is 52.0 Å². The highest BCUT2D eigenvalue weighted by Gasteiger charge is 2.43. The van der Waals surface area contributed by atoms with E-state index in [1.807, 2.05) is 24.8 Å². The van der Waals surface area contributed by atoms with E-state index in [9.17, 15) is 9.18 Å². The lowest BCUT2D eigenvalue weighted by Gasteiger charge is -2.32. The number of fused-ring (bicyclic) bond motifs is 1. The molecule has 1 aliphatic carbocycles. The van der Waals surface area contributed by atoms with Gasteiger partial charge in [-0.05, 0) is 67.6 Å². The molecule has 2 atom stereocenters. The van der Waals surface area contributed by atoms with Crippen molar-refractivity contribution in [2.45, 2.75) is 52.0 Å². The minimum absolute atomic E-state index is 0.0597. The topological polar surface area (TPSA) is 71.5 Å². The number of carbonyl (C=O) groups excluding carboxylic acids is 1. The molecule has 1 saturated carbocycles. The van der Waals surface area contributed by atoms with E-state index in [1.54, 1.807) is 28.4 Å². The van der Waals surface area contributed by atoms with Gasteiger partial charge in [-0.3, -0.25) is 4.79 Å². The predicted octanol–water partition coefficient (Wildman–Crippen LogP) is 4.83. The van der Waals surface area contributed by atoms with Gasteiger partial charge < -0.3 is 14.5 Å².